The molecule has 0 N–H and O–H groups in total. The quantitative estimate of drug-likeness (QED) is 0.796. The summed E-state index contributed by atoms with van der Waals surface area (Å²) in [6.07, 6.45) is -0.482. The van der Waals surface area contributed by atoms with Gasteiger partial charge in [-0.2, -0.15) is 20.2 Å². The number of aromatic nitrogens is 3. The van der Waals surface area contributed by atoms with E-state index in [2.05, 4.69) is 21.0 Å². The molecule has 0 aliphatic carbocycles. The number of ether oxygens (including phenoxy) is 2. The van der Waals surface area contributed by atoms with Crippen molar-refractivity contribution in [2.75, 3.05) is 31.2 Å². The second kappa shape index (κ2) is 5.80. The highest BCUT2D eigenvalue weighted by Crippen LogP contribution is 2.17. The summed E-state index contributed by atoms with van der Waals surface area (Å²) in [5.41, 5.74) is 0. The fourth-order valence-corrected chi connectivity index (χ4v) is 1.71. The molecule has 96 valence electrons. The van der Waals surface area contributed by atoms with Crippen LogP contribution in [0.3, 0.4) is 0 Å². The molecule has 0 radical (unpaired) electrons. The Bertz CT molecular complexity index is 464. The molecule has 0 bridgehead atoms. The molecule has 1 atom stereocenters. The van der Waals surface area contributed by atoms with Gasteiger partial charge in [0.05, 0.1) is 25.8 Å². The van der Waals surface area contributed by atoms with Crippen molar-refractivity contribution >= 4 is 17.5 Å². The third-order valence-corrected chi connectivity index (χ3v) is 2.51. The molecule has 1 fully saturated rings. The summed E-state index contributed by atoms with van der Waals surface area (Å²) in [6, 6.07) is 2.25. The Balaban J connectivity index is 2.19. The SMILES string of the molecule is CCOc1nc(Cl)nc(N2CCOC(C#N)C2)n1. The maximum atomic E-state index is 8.84. The van der Waals surface area contributed by atoms with Crippen LogP contribution in [0.4, 0.5) is 5.95 Å². The van der Waals surface area contributed by atoms with Crippen molar-refractivity contribution in [1.82, 2.24) is 15.0 Å². The van der Waals surface area contributed by atoms with Crippen LogP contribution < -0.4 is 9.64 Å². The van der Waals surface area contributed by atoms with Gasteiger partial charge in [0, 0.05) is 6.54 Å². The lowest BCUT2D eigenvalue weighted by Crippen LogP contribution is -2.42. The van der Waals surface area contributed by atoms with E-state index in [1.807, 2.05) is 11.8 Å². The van der Waals surface area contributed by atoms with E-state index in [0.717, 1.165) is 0 Å². The molecule has 1 aromatic heterocycles. The molecule has 0 saturated carbocycles. The molecule has 1 aromatic rings. The molecule has 2 heterocycles. The van der Waals surface area contributed by atoms with Gasteiger partial charge in [0.25, 0.3) is 0 Å². The summed E-state index contributed by atoms with van der Waals surface area (Å²) in [5, 5.41) is 8.92. The molecule has 1 unspecified atom stereocenters. The first-order valence-electron chi connectivity index (χ1n) is 5.53. The van der Waals surface area contributed by atoms with E-state index in [4.69, 9.17) is 26.3 Å². The minimum absolute atomic E-state index is 0.0726. The number of hydrogen-bond acceptors (Lipinski definition) is 7. The maximum absolute atomic E-state index is 8.84. The highest BCUT2D eigenvalue weighted by Gasteiger charge is 2.23. The fraction of sp³-hybridized carbons (Fsp3) is 0.600. The van der Waals surface area contributed by atoms with Gasteiger partial charge < -0.3 is 14.4 Å². The van der Waals surface area contributed by atoms with Gasteiger partial charge in [0.15, 0.2) is 6.10 Å². The summed E-state index contributed by atoms with van der Waals surface area (Å²) in [6.45, 7) is 3.74. The summed E-state index contributed by atoms with van der Waals surface area (Å²) in [4.78, 5) is 13.9. The summed E-state index contributed by atoms with van der Waals surface area (Å²) >= 11 is 5.81. The van der Waals surface area contributed by atoms with Gasteiger partial charge >= 0.3 is 6.01 Å². The average molecular weight is 270 g/mol. The molecular formula is C10H12ClN5O2. The zero-order valence-electron chi connectivity index (χ0n) is 9.84. The molecule has 1 aliphatic rings. The van der Waals surface area contributed by atoms with Crippen molar-refractivity contribution in [2.45, 2.75) is 13.0 Å². The standard InChI is InChI=1S/C10H12ClN5O2/c1-2-17-10-14-8(11)13-9(15-10)16-3-4-18-7(5-12)6-16/h7H,2-4,6H2,1H3. The minimum atomic E-state index is -0.482. The zero-order chi connectivity index (χ0) is 13.0. The topological polar surface area (TPSA) is 84.2 Å². The van der Waals surface area contributed by atoms with Gasteiger partial charge in [-0.05, 0) is 18.5 Å². The molecule has 2 rings (SSSR count). The molecule has 0 spiro atoms. The van der Waals surface area contributed by atoms with E-state index < -0.39 is 6.10 Å². The molecule has 1 aliphatic heterocycles. The molecule has 18 heavy (non-hydrogen) atoms. The van der Waals surface area contributed by atoms with Crippen LogP contribution in [0.25, 0.3) is 0 Å². The number of hydrogen-bond donors (Lipinski definition) is 0. The Morgan fingerprint density at radius 3 is 3.11 bits per heavy atom. The maximum Gasteiger partial charge on any atom is 0.322 e. The Kier molecular flexibility index (Phi) is 4.12. The Hall–Kier alpha value is -1.65. The van der Waals surface area contributed by atoms with Crippen molar-refractivity contribution in [3.8, 4) is 12.1 Å². The number of nitriles is 1. The average Bonchev–Trinajstić information content (AvgIpc) is 2.38. The van der Waals surface area contributed by atoms with Crippen LogP contribution in [-0.2, 0) is 4.74 Å². The van der Waals surface area contributed by atoms with E-state index in [9.17, 15) is 0 Å². The second-order valence-electron chi connectivity index (χ2n) is 3.55. The predicted molar refractivity (Wildman–Crippen MR) is 63.6 cm³/mol. The highest BCUT2D eigenvalue weighted by molar-refractivity contribution is 6.28. The van der Waals surface area contributed by atoms with Crippen LogP contribution in [-0.4, -0.2) is 47.4 Å². The number of nitrogens with zero attached hydrogens (tertiary/aromatic N) is 5. The van der Waals surface area contributed by atoms with Crippen LogP contribution in [0.5, 0.6) is 6.01 Å². The number of morpholine rings is 1. The van der Waals surface area contributed by atoms with Crippen LogP contribution >= 0.6 is 11.6 Å². The third-order valence-electron chi connectivity index (χ3n) is 2.34. The van der Waals surface area contributed by atoms with Gasteiger partial charge in [-0.25, -0.2) is 0 Å². The normalized spacial score (nSPS) is 19.4. The largest absolute Gasteiger partial charge is 0.464 e. The van der Waals surface area contributed by atoms with E-state index in [-0.39, 0.29) is 11.3 Å². The Labute approximate surface area is 109 Å². The summed E-state index contributed by atoms with van der Waals surface area (Å²) in [7, 11) is 0. The molecule has 0 amide bonds. The first-order valence-corrected chi connectivity index (χ1v) is 5.91. The van der Waals surface area contributed by atoms with Crippen molar-refractivity contribution < 1.29 is 9.47 Å². The molecule has 1 saturated heterocycles. The van der Waals surface area contributed by atoms with Crippen LogP contribution in [0.1, 0.15) is 6.92 Å². The van der Waals surface area contributed by atoms with Crippen molar-refractivity contribution in [3.63, 3.8) is 0 Å². The lowest BCUT2D eigenvalue weighted by Gasteiger charge is -2.29. The van der Waals surface area contributed by atoms with Crippen LogP contribution in [0.2, 0.25) is 5.28 Å². The molecule has 7 nitrogen and oxygen atoms in total. The molecular weight excluding hydrogens is 258 g/mol. The van der Waals surface area contributed by atoms with Gasteiger partial charge in [-0.15, -0.1) is 0 Å². The van der Waals surface area contributed by atoms with Crippen molar-refractivity contribution in [3.05, 3.63) is 5.28 Å². The Morgan fingerprint density at radius 2 is 2.39 bits per heavy atom. The van der Waals surface area contributed by atoms with E-state index in [0.29, 0.717) is 32.3 Å². The first-order chi connectivity index (χ1) is 8.72. The monoisotopic (exact) mass is 269 g/mol. The lowest BCUT2D eigenvalue weighted by atomic mass is 10.3. The van der Waals surface area contributed by atoms with Gasteiger partial charge in [0.1, 0.15) is 0 Å². The van der Waals surface area contributed by atoms with E-state index in [1.54, 1.807) is 0 Å². The molecule has 0 aromatic carbocycles. The smallest absolute Gasteiger partial charge is 0.322 e. The summed E-state index contributed by atoms with van der Waals surface area (Å²) < 4.78 is 10.5. The number of halogens is 1. The number of anilines is 1. The van der Waals surface area contributed by atoms with Crippen molar-refractivity contribution in [1.29, 1.82) is 5.26 Å². The third kappa shape index (κ3) is 2.97. The molecule has 8 heteroatoms. The van der Waals surface area contributed by atoms with Gasteiger partial charge in [-0.1, -0.05) is 0 Å². The van der Waals surface area contributed by atoms with Crippen LogP contribution in [0, 0.1) is 11.3 Å². The lowest BCUT2D eigenvalue weighted by molar-refractivity contribution is 0.0757. The summed E-state index contributed by atoms with van der Waals surface area (Å²) in [5.74, 6) is 0.405. The Morgan fingerprint density at radius 1 is 1.56 bits per heavy atom. The first kappa shape index (κ1) is 12.8. The highest BCUT2D eigenvalue weighted by atomic mass is 35.5. The van der Waals surface area contributed by atoms with Crippen molar-refractivity contribution in [2.24, 2.45) is 0 Å². The van der Waals surface area contributed by atoms with Gasteiger partial charge in [0.2, 0.25) is 11.2 Å². The number of rotatable bonds is 3. The fourth-order valence-electron chi connectivity index (χ4n) is 1.57. The van der Waals surface area contributed by atoms with Gasteiger partial charge in [-0.3, -0.25) is 0 Å². The zero-order valence-corrected chi connectivity index (χ0v) is 10.6. The second-order valence-corrected chi connectivity index (χ2v) is 3.89. The predicted octanol–water partition coefficient (Wildman–Crippen LogP) is 0.652. The minimum Gasteiger partial charge on any atom is -0.464 e. The van der Waals surface area contributed by atoms with Crippen LogP contribution in [0.15, 0.2) is 0 Å². The van der Waals surface area contributed by atoms with E-state index >= 15 is 0 Å². The van der Waals surface area contributed by atoms with E-state index in [1.165, 1.54) is 0 Å².